The van der Waals surface area contributed by atoms with E-state index in [2.05, 4.69) is 9.97 Å². The fourth-order valence-electron chi connectivity index (χ4n) is 3.62. The highest BCUT2D eigenvalue weighted by Gasteiger charge is 2.35. The predicted octanol–water partition coefficient (Wildman–Crippen LogP) is 5.88. The average molecular weight is 455 g/mol. The van der Waals surface area contributed by atoms with Crippen molar-refractivity contribution >= 4 is 0 Å². The molecule has 3 nitrogen and oxygen atoms in total. The number of fused-ring (bicyclic) bond motifs is 1. The summed E-state index contributed by atoms with van der Waals surface area (Å²) in [7, 11) is 0. The van der Waals surface area contributed by atoms with Gasteiger partial charge < -0.3 is 0 Å². The van der Waals surface area contributed by atoms with Crippen molar-refractivity contribution in [2.24, 2.45) is 0 Å². The Hall–Kier alpha value is -3.01. The lowest BCUT2D eigenvalue weighted by molar-refractivity contribution is -0.140. The van der Waals surface area contributed by atoms with Crippen molar-refractivity contribution in [2.75, 3.05) is 6.54 Å². The van der Waals surface area contributed by atoms with Crippen LogP contribution in [0.1, 0.15) is 27.9 Å². The third kappa shape index (κ3) is 4.59. The molecular weight excluding hydrogens is 439 g/mol. The zero-order valence-corrected chi connectivity index (χ0v) is 16.4. The first kappa shape index (κ1) is 22.2. The molecule has 1 aromatic heterocycles. The molecule has 4 rings (SSSR count). The number of aromatic nitrogens is 2. The molecule has 0 spiro atoms. The third-order valence-corrected chi connectivity index (χ3v) is 5.26. The normalized spacial score (nSPS) is 15.0. The molecule has 2 heterocycles. The van der Waals surface area contributed by atoms with Gasteiger partial charge in [-0.2, -0.15) is 26.3 Å². The van der Waals surface area contributed by atoms with Crippen LogP contribution in [0.3, 0.4) is 0 Å². The number of benzene rings is 2. The Labute approximate surface area is 178 Å². The summed E-state index contributed by atoms with van der Waals surface area (Å²) in [6.07, 6.45) is -7.20. The molecule has 0 aliphatic carbocycles. The largest absolute Gasteiger partial charge is 0.419 e. The second kappa shape index (κ2) is 8.16. The highest BCUT2D eigenvalue weighted by atomic mass is 19.4. The minimum atomic E-state index is -4.77. The Morgan fingerprint density at radius 3 is 2.28 bits per heavy atom. The first-order valence-corrected chi connectivity index (χ1v) is 9.62. The smallest absolute Gasteiger partial charge is 0.294 e. The summed E-state index contributed by atoms with van der Waals surface area (Å²) < 4.78 is 91.3. The Kier molecular flexibility index (Phi) is 5.66. The van der Waals surface area contributed by atoms with Crippen molar-refractivity contribution in [1.82, 2.24) is 14.9 Å². The van der Waals surface area contributed by atoms with E-state index in [1.807, 2.05) is 0 Å². The van der Waals surface area contributed by atoms with Gasteiger partial charge in [-0.25, -0.2) is 14.4 Å². The van der Waals surface area contributed by atoms with E-state index in [4.69, 9.17) is 0 Å². The van der Waals surface area contributed by atoms with Crippen LogP contribution in [0.25, 0.3) is 11.4 Å². The molecular formula is C22H16F7N3. The van der Waals surface area contributed by atoms with Crippen LogP contribution in [0.4, 0.5) is 30.7 Å². The molecule has 0 atom stereocenters. The maximum absolute atomic E-state index is 14.3. The maximum Gasteiger partial charge on any atom is 0.419 e. The van der Waals surface area contributed by atoms with Crippen LogP contribution >= 0.6 is 0 Å². The molecule has 32 heavy (non-hydrogen) atoms. The van der Waals surface area contributed by atoms with E-state index in [1.54, 1.807) is 11.1 Å². The Morgan fingerprint density at radius 2 is 1.62 bits per heavy atom. The molecule has 0 bridgehead atoms. The fraction of sp³-hybridized carbons (Fsp3) is 0.273. The average Bonchev–Trinajstić information content (AvgIpc) is 2.73. The Morgan fingerprint density at radius 1 is 0.906 bits per heavy atom. The Balaban J connectivity index is 1.50. The van der Waals surface area contributed by atoms with Gasteiger partial charge in [-0.15, -0.1) is 0 Å². The quantitative estimate of drug-likeness (QED) is 0.462. The summed E-state index contributed by atoms with van der Waals surface area (Å²) in [4.78, 5) is 10.5. The van der Waals surface area contributed by atoms with Crippen LogP contribution in [0.15, 0.2) is 48.7 Å². The van der Waals surface area contributed by atoms with E-state index < -0.39 is 29.3 Å². The van der Waals surface area contributed by atoms with Crippen molar-refractivity contribution in [3.8, 4) is 11.4 Å². The summed E-state index contributed by atoms with van der Waals surface area (Å²) in [6, 6.07) is 7.74. The first-order valence-electron chi connectivity index (χ1n) is 9.62. The summed E-state index contributed by atoms with van der Waals surface area (Å²) in [5.41, 5.74) is -0.233. The van der Waals surface area contributed by atoms with Crippen molar-refractivity contribution < 1.29 is 30.7 Å². The fourth-order valence-corrected chi connectivity index (χ4v) is 3.62. The summed E-state index contributed by atoms with van der Waals surface area (Å²) in [5.74, 6) is -0.991. The molecule has 0 N–H and O–H groups in total. The number of halogens is 7. The lowest BCUT2D eigenvalue weighted by atomic mass is 10.0. The predicted molar refractivity (Wildman–Crippen MR) is 102 cm³/mol. The molecule has 0 amide bonds. The van der Waals surface area contributed by atoms with Gasteiger partial charge in [0.2, 0.25) is 0 Å². The SMILES string of the molecule is Fc1c(CN2CCc3nc(-c4ccc(C(F)(F)F)cc4)ncc3C2)cccc1C(F)(F)F. The van der Waals surface area contributed by atoms with Crippen molar-refractivity contribution in [1.29, 1.82) is 0 Å². The highest BCUT2D eigenvalue weighted by molar-refractivity contribution is 5.56. The molecule has 1 aliphatic heterocycles. The van der Waals surface area contributed by atoms with Gasteiger partial charge in [0, 0.05) is 48.9 Å². The topological polar surface area (TPSA) is 29.0 Å². The number of nitrogens with zero attached hydrogens (tertiary/aromatic N) is 3. The van der Waals surface area contributed by atoms with Crippen molar-refractivity contribution in [3.05, 3.63) is 82.4 Å². The lowest BCUT2D eigenvalue weighted by Gasteiger charge is -2.28. The number of rotatable bonds is 3. The first-order chi connectivity index (χ1) is 15.0. The van der Waals surface area contributed by atoms with E-state index in [9.17, 15) is 30.7 Å². The zero-order chi connectivity index (χ0) is 23.1. The van der Waals surface area contributed by atoms with Crippen LogP contribution in [-0.4, -0.2) is 21.4 Å². The van der Waals surface area contributed by atoms with Crippen molar-refractivity contribution in [2.45, 2.75) is 31.9 Å². The van der Waals surface area contributed by atoms with E-state index in [1.165, 1.54) is 24.3 Å². The lowest BCUT2D eigenvalue weighted by Crippen LogP contribution is -2.31. The molecule has 0 saturated heterocycles. The van der Waals surface area contributed by atoms with Crippen molar-refractivity contribution in [3.63, 3.8) is 0 Å². The van der Waals surface area contributed by atoms with Gasteiger partial charge in [0.1, 0.15) is 5.82 Å². The molecule has 3 aromatic rings. The van der Waals surface area contributed by atoms with E-state index in [-0.39, 0.29) is 17.9 Å². The number of hydrogen-bond acceptors (Lipinski definition) is 3. The van der Waals surface area contributed by atoms with Crippen LogP contribution in [-0.2, 0) is 31.9 Å². The van der Waals surface area contributed by atoms with E-state index in [0.717, 1.165) is 17.7 Å². The number of alkyl halides is 6. The summed E-state index contributed by atoms with van der Waals surface area (Å²) in [5, 5.41) is 0. The Bertz CT molecular complexity index is 1120. The van der Waals surface area contributed by atoms with Gasteiger partial charge in [0.25, 0.3) is 0 Å². The van der Waals surface area contributed by atoms with Crippen LogP contribution < -0.4 is 0 Å². The zero-order valence-electron chi connectivity index (χ0n) is 16.4. The van der Waals surface area contributed by atoms with Gasteiger partial charge in [-0.1, -0.05) is 24.3 Å². The standard InChI is InChI=1S/C22H16F7N3/c23-19-14(2-1-3-17(19)22(27,28)29)11-32-9-8-18-15(12-32)10-30-20(31-18)13-4-6-16(7-5-13)21(24,25)26/h1-7,10H,8-9,11-12H2. The highest BCUT2D eigenvalue weighted by Crippen LogP contribution is 2.33. The molecule has 0 radical (unpaired) electrons. The maximum atomic E-state index is 14.3. The van der Waals surface area contributed by atoms with Gasteiger partial charge in [-0.3, -0.25) is 4.90 Å². The minimum absolute atomic E-state index is 0.00412. The molecule has 0 fully saturated rings. The van der Waals surface area contributed by atoms with Gasteiger partial charge in [0.15, 0.2) is 5.82 Å². The van der Waals surface area contributed by atoms with Gasteiger partial charge in [-0.05, 0) is 18.2 Å². The molecule has 0 saturated carbocycles. The second-order valence-electron chi connectivity index (χ2n) is 7.48. The van der Waals surface area contributed by atoms with Gasteiger partial charge in [0.05, 0.1) is 16.8 Å². The van der Waals surface area contributed by atoms with Crippen LogP contribution in [0.2, 0.25) is 0 Å². The molecule has 10 heteroatoms. The van der Waals surface area contributed by atoms with E-state index >= 15 is 0 Å². The number of hydrogen-bond donors (Lipinski definition) is 0. The monoisotopic (exact) mass is 455 g/mol. The molecule has 168 valence electrons. The molecule has 1 aliphatic rings. The minimum Gasteiger partial charge on any atom is -0.294 e. The summed E-state index contributed by atoms with van der Waals surface area (Å²) >= 11 is 0. The molecule has 2 aromatic carbocycles. The van der Waals surface area contributed by atoms with Crippen LogP contribution in [0, 0.1) is 5.82 Å². The summed E-state index contributed by atoms with van der Waals surface area (Å²) in [6.45, 7) is 0.750. The molecule has 0 unspecified atom stereocenters. The van der Waals surface area contributed by atoms with E-state index in [0.29, 0.717) is 36.8 Å². The van der Waals surface area contributed by atoms with Crippen LogP contribution in [0.5, 0.6) is 0 Å². The van der Waals surface area contributed by atoms with Gasteiger partial charge >= 0.3 is 12.4 Å². The second-order valence-corrected chi connectivity index (χ2v) is 7.48. The third-order valence-electron chi connectivity index (χ3n) is 5.26.